The fourth-order valence-corrected chi connectivity index (χ4v) is 2.70. The van der Waals surface area contributed by atoms with Gasteiger partial charge in [0, 0.05) is 6.54 Å². The third kappa shape index (κ3) is 10.5. The van der Waals surface area contributed by atoms with Gasteiger partial charge in [-0.15, -0.1) is 0 Å². The highest BCUT2D eigenvalue weighted by molar-refractivity contribution is 5.97. The SMILES string of the molecule is CCCCCCCCCCN=C(N)NC(N)=NCc1ccc(C(=O)OC)cc1. The monoisotopic (exact) mass is 389 g/mol. The van der Waals surface area contributed by atoms with Crippen LogP contribution >= 0.6 is 0 Å². The predicted molar refractivity (Wildman–Crippen MR) is 115 cm³/mol. The summed E-state index contributed by atoms with van der Waals surface area (Å²) in [5, 5.41) is 2.80. The van der Waals surface area contributed by atoms with Crippen molar-refractivity contribution >= 4 is 17.9 Å². The minimum Gasteiger partial charge on any atom is -0.465 e. The van der Waals surface area contributed by atoms with Crippen molar-refractivity contribution in [2.24, 2.45) is 21.5 Å². The number of nitrogens with one attached hydrogen (secondary N) is 1. The average Bonchev–Trinajstić information content (AvgIpc) is 2.70. The van der Waals surface area contributed by atoms with Gasteiger partial charge in [-0.1, -0.05) is 64.0 Å². The first-order chi connectivity index (χ1) is 13.6. The normalized spacial score (nSPS) is 12.1. The third-order valence-electron chi connectivity index (χ3n) is 4.36. The van der Waals surface area contributed by atoms with Crippen LogP contribution in [0.5, 0.6) is 0 Å². The first-order valence-electron chi connectivity index (χ1n) is 10.1. The first-order valence-corrected chi connectivity index (χ1v) is 10.1. The molecule has 0 aliphatic heterocycles. The molecule has 0 bridgehead atoms. The minimum absolute atomic E-state index is 0.217. The van der Waals surface area contributed by atoms with Crippen molar-refractivity contribution in [1.82, 2.24) is 5.32 Å². The molecule has 0 aliphatic carbocycles. The summed E-state index contributed by atoms with van der Waals surface area (Å²) in [5.74, 6) is 0.135. The van der Waals surface area contributed by atoms with E-state index in [-0.39, 0.29) is 17.9 Å². The van der Waals surface area contributed by atoms with Crippen LogP contribution in [-0.2, 0) is 11.3 Å². The molecule has 1 aromatic rings. The number of nitrogens with zero attached hydrogens (tertiary/aromatic N) is 2. The number of carbonyl (C=O) groups is 1. The maximum atomic E-state index is 11.4. The smallest absolute Gasteiger partial charge is 0.337 e. The molecule has 1 aromatic carbocycles. The van der Waals surface area contributed by atoms with Crippen molar-refractivity contribution in [3.05, 3.63) is 35.4 Å². The van der Waals surface area contributed by atoms with Gasteiger partial charge in [-0.05, 0) is 24.1 Å². The number of benzene rings is 1. The third-order valence-corrected chi connectivity index (χ3v) is 4.36. The number of rotatable bonds is 12. The highest BCUT2D eigenvalue weighted by atomic mass is 16.5. The molecule has 0 unspecified atom stereocenters. The molecule has 7 nitrogen and oxygen atoms in total. The van der Waals surface area contributed by atoms with E-state index in [2.05, 4.69) is 27.0 Å². The van der Waals surface area contributed by atoms with Crippen LogP contribution in [0, 0.1) is 0 Å². The van der Waals surface area contributed by atoms with Crippen molar-refractivity contribution in [1.29, 1.82) is 0 Å². The number of nitrogens with two attached hydrogens (primary N) is 2. The number of ether oxygens (including phenoxy) is 1. The molecule has 7 heteroatoms. The number of unbranched alkanes of at least 4 members (excludes halogenated alkanes) is 7. The number of aliphatic imine (C=N–C) groups is 2. The van der Waals surface area contributed by atoms with Crippen LogP contribution in [0.4, 0.5) is 0 Å². The summed E-state index contributed by atoms with van der Waals surface area (Å²) in [6.07, 6.45) is 10.1. The van der Waals surface area contributed by atoms with E-state index in [1.54, 1.807) is 12.1 Å². The number of carbonyl (C=O) groups excluding carboxylic acids is 1. The van der Waals surface area contributed by atoms with E-state index in [4.69, 9.17) is 11.5 Å². The zero-order chi connectivity index (χ0) is 20.6. The highest BCUT2D eigenvalue weighted by Gasteiger charge is 2.04. The summed E-state index contributed by atoms with van der Waals surface area (Å²) in [5.41, 5.74) is 13.1. The lowest BCUT2D eigenvalue weighted by atomic mass is 10.1. The standard InChI is InChI=1S/C21H35N5O2/c1-3-4-5-6-7-8-9-10-15-24-20(22)26-21(23)25-16-17-11-13-18(14-12-17)19(27)28-2/h11-14H,3-10,15-16H2,1-2H3,(H5,22,23,24,25,26). The van der Waals surface area contributed by atoms with E-state index in [1.807, 2.05) is 12.1 Å². The number of guanidine groups is 2. The summed E-state index contributed by atoms with van der Waals surface area (Å²) in [4.78, 5) is 19.9. The maximum absolute atomic E-state index is 11.4. The van der Waals surface area contributed by atoms with E-state index >= 15 is 0 Å². The van der Waals surface area contributed by atoms with Crippen molar-refractivity contribution in [3.8, 4) is 0 Å². The Hall–Kier alpha value is -2.57. The summed E-state index contributed by atoms with van der Waals surface area (Å²) < 4.78 is 4.67. The van der Waals surface area contributed by atoms with Gasteiger partial charge in [-0.2, -0.15) is 0 Å². The molecular formula is C21H35N5O2. The molecular weight excluding hydrogens is 354 g/mol. The van der Waals surface area contributed by atoms with Gasteiger partial charge >= 0.3 is 5.97 Å². The number of methoxy groups -OCH3 is 1. The van der Waals surface area contributed by atoms with Gasteiger partial charge in [-0.25, -0.2) is 9.79 Å². The maximum Gasteiger partial charge on any atom is 0.337 e. The molecule has 0 saturated heterocycles. The Bertz CT molecular complexity index is 626. The van der Waals surface area contributed by atoms with Crippen molar-refractivity contribution in [2.45, 2.75) is 64.8 Å². The molecule has 0 amide bonds. The second kappa shape index (κ2) is 14.5. The van der Waals surface area contributed by atoms with Crippen LogP contribution in [0.15, 0.2) is 34.3 Å². The summed E-state index contributed by atoms with van der Waals surface area (Å²) >= 11 is 0. The topological polar surface area (TPSA) is 115 Å². The molecule has 0 atom stereocenters. The zero-order valence-corrected chi connectivity index (χ0v) is 17.2. The largest absolute Gasteiger partial charge is 0.465 e. The number of esters is 1. The minimum atomic E-state index is -0.364. The summed E-state index contributed by atoms with van der Waals surface area (Å²) in [6.45, 7) is 3.30. The van der Waals surface area contributed by atoms with Crippen molar-refractivity contribution in [3.63, 3.8) is 0 Å². The van der Waals surface area contributed by atoms with Crippen LogP contribution in [0.2, 0.25) is 0 Å². The molecule has 0 spiro atoms. The molecule has 28 heavy (non-hydrogen) atoms. The molecule has 0 fully saturated rings. The molecule has 5 N–H and O–H groups in total. The van der Waals surface area contributed by atoms with Crippen LogP contribution in [0.1, 0.15) is 74.2 Å². The fourth-order valence-electron chi connectivity index (χ4n) is 2.70. The molecule has 156 valence electrons. The Morgan fingerprint density at radius 2 is 1.50 bits per heavy atom. The lowest BCUT2D eigenvalue weighted by Crippen LogP contribution is -2.41. The Balaban J connectivity index is 2.24. The van der Waals surface area contributed by atoms with Gasteiger partial charge in [0.2, 0.25) is 0 Å². The van der Waals surface area contributed by atoms with Gasteiger partial charge < -0.3 is 16.2 Å². The average molecular weight is 390 g/mol. The van der Waals surface area contributed by atoms with E-state index in [9.17, 15) is 4.79 Å². The van der Waals surface area contributed by atoms with Gasteiger partial charge in [0.1, 0.15) is 0 Å². The molecule has 1 rings (SSSR count). The van der Waals surface area contributed by atoms with E-state index in [0.29, 0.717) is 18.7 Å². The van der Waals surface area contributed by atoms with Gasteiger partial charge in [0.15, 0.2) is 11.9 Å². The van der Waals surface area contributed by atoms with E-state index in [0.717, 1.165) is 12.0 Å². The number of hydrogen-bond donors (Lipinski definition) is 3. The zero-order valence-electron chi connectivity index (χ0n) is 17.2. The second-order valence-corrected chi connectivity index (χ2v) is 6.76. The van der Waals surface area contributed by atoms with Crippen LogP contribution < -0.4 is 16.8 Å². The second-order valence-electron chi connectivity index (χ2n) is 6.76. The van der Waals surface area contributed by atoms with Crippen LogP contribution in [-0.4, -0.2) is 31.5 Å². The van der Waals surface area contributed by atoms with Gasteiger partial charge in [0.25, 0.3) is 0 Å². The summed E-state index contributed by atoms with van der Waals surface area (Å²) in [6, 6.07) is 7.01. The van der Waals surface area contributed by atoms with Gasteiger partial charge in [-0.3, -0.25) is 10.3 Å². The first kappa shape index (κ1) is 23.5. The summed E-state index contributed by atoms with van der Waals surface area (Å²) in [7, 11) is 1.35. The Kier molecular flexibility index (Phi) is 12.1. The van der Waals surface area contributed by atoms with Crippen LogP contribution in [0.25, 0.3) is 0 Å². The lowest BCUT2D eigenvalue weighted by Gasteiger charge is -2.05. The molecule has 0 saturated carbocycles. The van der Waals surface area contributed by atoms with Crippen LogP contribution in [0.3, 0.4) is 0 Å². The molecule has 0 aromatic heterocycles. The fraction of sp³-hybridized carbons (Fsp3) is 0.571. The molecule has 0 heterocycles. The Morgan fingerprint density at radius 3 is 2.11 bits per heavy atom. The van der Waals surface area contributed by atoms with Crippen molar-refractivity contribution < 1.29 is 9.53 Å². The van der Waals surface area contributed by atoms with Gasteiger partial charge in [0.05, 0.1) is 19.2 Å². The number of hydrogen-bond acceptors (Lipinski definition) is 4. The Labute approximate surface area is 168 Å². The van der Waals surface area contributed by atoms with Crippen molar-refractivity contribution in [2.75, 3.05) is 13.7 Å². The quantitative estimate of drug-likeness (QED) is 0.219. The lowest BCUT2D eigenvalue weighted by molar-refractivity contribution is 0.0600. The molecule has 0 aliphatic rings. The highest BCUT2D eigenvalue weighted by Crippen LogP contribution is 2.08. The molecule has 0 radical (unpaired) electrons. The van der Waals surface area contributed by atoms with E-state index in [1.165, 1.54) is 52.1 Å². The Morgan fingerprint density at radius 1 is 0.929 bits per heavy atom. The van der Waals surface area contributed by atoms with E-state index < -0.39 is 0 Å². The predicted octanol–water partition coefficient (Wildman–Crippen LogP) is 3.33.